The van der Waals surface area contributed by atoms with Gasteiger partial charge in [0, 0.05) is 0 Å². The summed E-state index contributed by atoms with van der Waals surface area (Å²) in [6, 6.07) is 16.9. The summed E-state index contributed by atoms with van der Waals surface area (Å²) in [4.78, 5) is 16.3. The van der Waals surface area contributed by atoms with Gasteiger partial charge in [-0.25, -0.2) is 10.4 Å². The van der Waals surface area contributed by atoms with Crippen molar-refractivity contribution >= 4 is 45.4 Å². The van der Waals surface area contributed by atoms with E-state index in [0.717, 1.165) is 20.1 Å². The lowest BCUT2D eigenvalue weighted by atomic mass is 10.2. The Labute approximate surface area is 147 Å². The normalized spacial score (nSPS) is 10.8. The molecule has 1 heterocycles. The smallest absolute Gasteiger partial charge is 0.250 e. The number of carbonyl (C=O) groups is 1. The van der Waals surface area contributed by atoms with Gasteiger partial charge in [-0.1, -0.05) is 36.0 Å². The van der Waals surface area contributed by atoms with Crippen LogP contribution < -0.4 is 5.43 Å². The van der Waals surface area contributed by atoms with Crippen LogP contribution in [0.2, 0.25) is 0 Å². The Balaban J connectivity index is 1.50. The molecule has 1 N–H and O–H groups in total. The molecule has 2 aromatic carbocycles. The molecule has 118 valence electrons. The number of nitrogens with zero attached hydrogens (tertiary/aromatic N) is 3. The monoisotopic (exact) mass is 352 g/mol. The summed E-state index contributed by atoms with van der Waals surface area (Å²) >= 11 is 2.96. The molecule has 0 atom stereocenters. The fraction of sp³-hybridized carbons (Fsp3) is 0.0588. The predicted octanol–water partition coefficient (Wildman–Crippen LogP) is 3.41. The molecule has 0 aliphatic rings. The van der Waals surface area contributed by atoms with Gasteiger partial charge in [-0.2, -0.15) is 10.4 Å². The lowest BCUT2D eigenvalue weighted by molar-refractivity contribution is -0.118. The number of thiazole rings is 1. The first kappa shape index (κ1) is 16.2. The lowest BCUT2D eigenvalue weighted by Crippen LogP contribution is -2.19. The molecular weight excluding hydrogens is 340 g/mol. The first-order chi connectivity index (χ1) is 11.7. The first-order valence-electron chi connectivity index (χ1n) is 7.05. The van der Waals surface area contributed by atoms with Gasteiger partial charge >= 0.3 is 0 Å². The highest BCUT2D eigenvalue weighted by Crippen LogP contribution is 2.28. The van der Waals surface area contributed by atoms with Crippen LogP contribution in [0.15, 0.2) is 58.0 Å². The minimum absolute atomic E-state index is 0.191. The molecule has 7 heteroatoms. The van der Waals surface area contributed by atoms with Crippen LogP contribution in [0.4, 0.5) is 0 Å². The van der Waals surface area contributed by atoms with Crippen molar-refractivity contribution in [2.24, 2.45) is 5.10 Å². The number of hydrazone groups is 1. The Hall–Kier alpha value is -2.69. The molecule has 0 unspecified atom stereocenters. The number of amides is 1. The van der Waals surface area contributed by atoms with Crippen LogP contribution in [0.1, 0.15) is 11.1 Å². The van der Waals surface area contributed by atoms with Crippen molar-refractivity contribution in [3.05, 3.63) is 59.7 Å². The van der Waals surface area contributed by atoms with Crippen molar-refractivity contribution in [1.29, 1.82) is 5.26 Å². The van der Waals surface area contributed by atoms with E-state index in [0.29, 0.717) is 5.56 Å². The third-order valence-electron chi connectivity index (χ3n) is 3.04. The molecule has 0 spiro atoms. The van der Waals surface area contributed by atoms with Crippen molar-refractivity contribution in [3.63, 3.8) is 0 Å². The van der Waals surface area contributed by atoms with Gasteiger partial charge in [-0.3, -0.25) is 4.79 Å². The van der Waals surface area contributed by atoms with Gasteiger partial charge in [-0.15, -0.1) is 11.3 Å². The molecule has 3 aromatic rings. The number of hydrogen-bond acceptors (Lipinski definition) is 6. The van der Waals surface area contributed by atoms with E-state index in [-0.39, 0.29) is 11.7 Å². The number of hydrogen-bond donors (Lipinski definition) is 1. The van der Waals surface area contributed by atoms with E-state index in [1.807, 2.05) is 30.3 Å². The second-order valence-corrected chi connectivity index (χ2v) is 7.02. The topological polar surface area (TPSA) is 78.1 Å². The van der Waals surface area contributed by atoms with Crippen LogP contribution in [-0.2, 0) is 4.79 Å². The fourth-order valence-electron chi connectivity index (χ4n) is 1.89. The number of aromatic nitrogens is 1. The molecule has 1 amide bonds. The van der Waals surface area contributed by atoms with Crippen LogP contribution >= 0.6 is 23.1 Å². The summed E-state index contributed by atoms with van der Waals surface area (Å²) in [5, 5.41) is 12.6. The minimum Gasteiger partial charge on any atom is -0.272 e. The van der Waals surface area contributed by atoms with Gasteiger partial charge in [0.15, 0.2) is 4.34 Å². The van der Waals surface area contributed by atoms with Crippen molar-refractivity contribution in [3.8, 4) is 6.07 Å². The Morgan fingerprint density at radius 3 is 2.83 bits per heavy atom. The zero-order chi connectivity index (χ0) is 16.8. The molecule has 0 saturated heterocycles. The summed E-state index contributed by atoms with van der Waals surface area (Å²) in [6.07, 6.45) is 1.54. The lowest BCUT2D eigenvalue weighted by Gasteiger charge is -1.97. The van der Waals surface area contributed by atoms with Gasteiger partial charge in [0.1, 0.15) is 0 Å². The number of benzene rings is 2. The van der Waals surface area contributed by atoms with E-state index < -0.39 is 0 Å². The van der Waals surface area contributed by atoms with Gasteiger partial charge in [0.25, 0.3) is 5.91 Å². The Morgan fingerprint density at radius 1 is 1.29 bits per heavy atom. The molecule has 0 fully saturated rings. The SMILES string of the molecule is N#Cc1ccc(C=NNC(=O)CSc2nc3ccccc3s2)cc1. The average molecular weight is 352 g/mol. The molecule has 0 bridgehead atoms. The summed E-state index contributed by atoms with van der Waals surface area (Å²) < 4.78 is 1.97. The zero-order valence-corrected chi connectivity index (χ0v) is 14.1. The quantitative estimate of drug-likeness (QED) is 0.434. The molecule has 0 radical (unpaired) electrons. The van der Waals surface area contributed by atoms with Crippen molar-refractivity contribution < 1.29 is 4.79 Å². The highest BCUT2D eigenvalue weighted by Gasteiger charge is 2.06. The Morgan fingerprint density at radius 2 is 2.08 bits per heavy atom. The largest absolute Gasteiger partial charge is 0.272 e. The van der Waals surface area contributed by atoms with Gasteiger partial charge < -0.3 is 0 Å². The molecule has 5 nitrogen and oxygen atoms in total. The Kier molecular flexibility index (Phi) is 5.21. The standard InChI is InChI=1S/C17H12N4OS2/c18-9-12-5-7-13(8-6-12)10-19-21-16(22)11-23-17-20-14-3-1-2-4-15(14)24-17/h1-8,10H,11H2,(H,21,22). The minimum atomic E-state index is -0.191. The van der Waals surface area contributed by atoms with Crippen molar-refractivity contribution in [1.82, 2.24) is 10.4 Å². The fourth-order valence-corrected chi connectivity index (χ4v) is 3.76. The molecule has 0 aliphatic carbocycles. The van der Waals surface area contributed by atoms with Crippen molar-refractivity contribution in [2.45, 2.75) is 4.34 Å². The number of carbonyl (C=O) groups excluding carboxylic acids is 1. The average Bonchev–Trinajstić information content (AvgIpc) is 3.03. The highest BCUT2D eigenvalue weighted by molar-refractivity contribution is 8.01. The number of thioether (sulfide) groups is 1. The van der Waals surface area contributed by atoms with Crippen LogP contribution in [-0.4, -0.2) is 22.9 Å². The molecule has 0 aliphatic heterocycles. The number of nitrogens with one attached hydrogen (secondary N) is 1. The maximum atomic E-state index is 11.8. The molecule has 0 saturated carbocycles. The number of rotatable bonds is 5. The first-order valence-corrected chi connectivity index (χ1v) is 8.85. The van der Waals surface area contributed by atoms with Crippen LogP contribution in [0, 0.1) is 11.3 Å². The predicted molar refractivity (Wildman–Crippen MR) is 97.2 cm³/mol. The van der Waals surface area contributed by atoms with Gasteiger partial charge in [0.05, 0.1) is 33.8 Å². The second kappa shape index (κ2) is 7.73. The van der Waals surface area contributed by atoms with E-state index in [9.17, 15) is 4.79 Å². The van der Waals surface area contributed by atoms with E-state index in [1.54, 1.807) is 41.8 Å². The van der Waals surface area contributed by atoms with E-state index >= 15 is 0 Å². The molecule has 24 heavy (non-hydrogen) atoms. The molecule has 3 rings (SSSR count). The molecular formula is C17H12N4OS2. The zero-order valence-electron chi connectivity index (χ0n) is 12.5. The van der Waals surface area contributed by atoms with Gasteiger partial charge in [0.2, 0.25) is 0 Å². The van der Waals surface area contributed by atoms with Crippen molar-refractivity contribution in [2.75, 3.05) is 5.75 Å². The second-order valence-electron chi connectivity index (χ2n) is 4.76. The summed E-state index contributed by atoms with van der Waals surface area (Å²) in [6.45, 7) is 0. The number of fused-ring (bicyclic) bond motifs is 1. The third kappa shape index (κ3) is 4.19. The Bertz CT molecular complexity index is 893. The number of para-hydroxylation sites is 1. The van der Waals surface area contributed by atoms with Crippen LogP contribution in [0.5, 0.6) is 0 Å². The molecule has 1 aromatic heterocycles. The third-order valence-corrected chi connectivity index (χ3v) is 5.22. The summed E-state index contributed by atoms with van der Waals surface area (Å²) in [7, 11) is 0. The van der Waals surface area contributed by atoms with Gasteiger partial charge in [-0.05, 0) is 29.8 Å². The van der Waals surface area contributed by atoms with Crippen LogP contribution in [0.3, 0.4) is 0 Å². The van der Waals surface area contributed by atoms with Crippen LogP contribution in [0.25, 0.3) is 10.2 Å². The maximum absolute atomic E-state index is 11.8. The number of nitriles is 1. The highest BCUT2D eigenvalue weighted by atomic mass is 32.2. The van der Waals surface area contributed by atoms with E-state index in [2.05, 4.69) is 15.5 Å². The summed E-state index contributed by atoms with van der Waals surface area (Å²) in [5.74, 6) is 0.0639. The summed E-state index contributed by atoms with van der Waals surface area (Å²) in [5.41, 5.74) is 4.83. The maximum Gasteiger partial charge on any atom is 0.250 e. The van der Waals surface area contributed by atoms with E-state index in [1.165, 1.54) is 11.8 Å². The van der Waals surface area contributed by atoms with E-state index in [4.69, 9.17) is 5.26 Å².